The summed E-state index contributed by atoms with van der Waals surface area (Å²) in [4.78, 5) is 46.2. The highest BCUT2D eigenvalue weighted by Gasteiger charge is 2.77. The Morgan fingerprint density at radius 2 is 2.07 bits per heavy atom. The molecule has 7 nitrogen and oxygen atoms in total. The van der Waals surface area contributed by atoms with Crippen molar-refractivity contribution in [3.63, 3.8) is 0 Å². The quantitative estimate of drug-likeness (QED) is 0.113. The number of thioether (sulfide) groups is 1. The zero-order valence-electron chi connectivity index (χ0n) is 24.6. The van der Waals surface area contributed by atoms with Crippen LogP contribution in [0.3, 0.4) is 0 Å². The molecule has 3 aliphatic heterocycles. The topological polar surface area (TPSA) is 87.2 Å². The number of fused-ring (bicyclic) bond motifs is 1. The van der Waals surface area contributed by atoms with Crippen molar-refractivity contribution in [3.8, 4) is 0 Å². The highest BCUT2D eigenvalue weighted by atomic mass is 79.9. The van der Waals surface area contributed by atoms with Crippen molar-refractivity contribution < 1.29 is 24.2 Å². The van der Waals surface area contributed by atoms with Gasteiger partial charge < -0.3 is 19.6 Å². The van der Waals surface area contributed by atoms with E-state index in [0.29, 0.717) is 30.0 Å². The summed E-state index contributed by atoms with van der Waals surface area (Å²) in [6, 6.07) is 3.98. The van der Waals surface area contributed by atoms with E-state index in [4.69, 9.17) is 16.3 Å². The van der Waals surface area contributed by atoms with E-state index in [1.807, 2.05) is 39.0 Å². The van der Waals surface area contributed by atoms with Crippen molar-refractivity contribution in [1.82, 2.24) is 4.90 Å². The summed E-state index contributed by atoms with van der Waals surface area (Å²) in [6.07, 6.45) is 7.16. The molecule has 0 radical (unpaired) electrons. The summed E-state index contributed by atoms with van der Waals surface area (Å²) in [5, 5.41) is 10.8. The summed E-state index contributed by atoms with van der Waals surface area (Å²) in [6.45, 7) is 13.7. The molecule has 1 aromatic rings. The van der Waals surface area contributed by atoms with Crippen LogP contribution in [0.2, 0.25) is 5.02 Å². The number of anilines is 1. The Hall–Kier alpha value is -1.81. The molecule has 10 heteroatoms. The van der Waals surface area contributed by atoms with Gasteiger partial charge in [0.25, 0.3) is 5.91 Å². The molecule has 2 amide bonds. The van der Waals surface area contributed by atoms with Crippen LogP contribution in [0.4, 0.5) is 5.69 Å². The van der Waals surface area contributed by atoms with Crippen molar-refractivity contribution in [1.29, 1.82) is 0 Å². The number of ether oxygens (including phenoxy) is 1. The number of likely N-dealkylation sites (tertiary alicyclic amines) is 1. The molecule has 3 heterocycles. The van der Waals surface area contributed by atoms with Crippen LogP contribution < -0.4 is 4.90 Å². The molecular weight excluding hydrogens is 640 g/mol. The fourth-order valence-corrected chi connectivity index (χ4v) is 10.9. The average molecular weight is 682 g/mol. The molecule has 4 rings (SSSR count). The van der Waals surface area contributed by atoms with Gasteiger partial charge in [0.1, 0.15) is 6.04 Å². The van der Waals surface area contributed by atoms with Gasteiger partial charge in [-0.15, -0.1) is 24.9 Å². The lowest BCUT2D eigenvalue weighted by Crippen LogP contribution is -2.59. The molecule has 3 saturated heterocycles. The Labute approximate surface area is 267 Å². The summed E-state index contributed by atoms with van der Waals surface area (Å²) in [5.74, 6) is -2.42. The molecular formula is C32H42BrClN2O5S. The number of halogens is 2. The highest BCUT2D eigenvalue weighted by molar-refractivity contribution is 9.09. The Morgan fingerprint density at radius 1 is 1.33 bits per heavy atom. The molecule has 1 N–H and O–H groups in total. The number of nitrogens with zero attached hydrogens (tertiary/aromatic N) is 2. The maximum atomic E-state index is 14.9. The molecule has 230 valence electrons. The third kappa shape index (κ3) is 5.71. The molecule has 42 heavy (non-hydrogen) atoms. The molecule has 0 aromatic heterocycles. The van der Waals surface area contributed by atoms with Gasteiger partial charge in [0.05, 0.1) is 46.5 Å². The summed E-state index contributed by atoms with van der Waals surface area (Å²) >= 11 is 12.0. The zero-order valence-corrected chi connectivity index (χ0v) is 27.8. The minimum Gasteiger partial charge on any atom is -0.465 e. The summed E-state index contributed by atoms with van der Waals surface area (Å²) in [7, 11) is 0. The number of aliphatic hydroxyl groups is 1. The standard InChI is InChI=1S/C32H42BrClN2O5S/c1-6-9-10-11-16-41-31(40)24-25-29(38)36(23(18-37)19(4)8-3)28(32(25)17-21(33)27(24)42-32)30(39)35(15-7-2)26-20(5)13-12-14-22(26)34/h6-7,12-14,19,21,23-25,27-28,37H,1-2,8-11,15-18H2,3-5H3/t19-,21?,23-,24+,25-,27+,28?,32?/m0/s1. The van der Waals surface area contributed by atoms with E-state index in [0.717, 1.165) is 18.4 Å². The second kappa shape index (κ2) is 13.9. The molecule has 0 aliphatic carbocycles. The first-order valence-electron chi connectivity index (χ1n) is 14.8. The van der Waals surface area contributed by atoms with Crippen LogP contribution in [-0.2, 0) is 19.1 Å². The van der Waals surface area contributed by atoms with E-state index in [1.165, 1.54) is 0 Å². The smallest absolute Gasteiger partial charge is 0.310 e. The summed E-state index contributed by atoms with van der Waals surface area (Å²) < 4.78 is 4.88. The van der Waals surface area contributed by atoms with Gasteiger partial charge in [-0.2, -0.15) is 0 Å². The van der Waals surface area contributed by atoms with Gasteiger partial charge in [0.15, 0.2) is 0 Å². The number of carbonyl (C=O) groups is 3. The first kappa shape index (κ1) is 33.1. The van der Waals surface area contributed by atoms with Crippen molar-refractivity contribution in [2.24, 2.45) is 17.8 Å². The average Bonchev–Trinajstić information content (AvgIpc) is 3.55. The predicted molar refractivity (Wildman–Crippen MR) is 173 cm³/mol. The number of alkyl halides is 1. The third-order valence-electron chi connectivity index (χ3n) is 9.16. The number of hydrogen-bond acceptors (Lipinski definition) is 6. The number of aliphatic hydroxyl groups excluding tert-OH is 1. The van der Waals surface area contributed by atoms with Crippen LogP contribution in [-0.4, -0.2) is 74.5 Å². The maximum Gasteiger partial charge on any atom is 0.310 e. The number of rotatable bonds is 14. The molecule has 1 spiro atoms. The maximum absolute atomic E-state index is 14.9. The van der Waals surface area contributed by atoms with E-state index < -0.39 is 34.6 Å². The first-order chi connectivity index (χ1) is 20.1. The van der Waals surface area contributed by atoms with Gasteiger partial charge in [-0.1, -0.05) is 72.1 Å². The van der Waals surface area contributed by atoms with Crippen LogP contribution in [0.25, 0.3) is 0 Å². The van der Waals surface area contributed by atoms with Gasteiger partial charge in [0.2, 0.25) is 5.91 Å². The van der Waals surface area contributed by atoms with E-state index in [1.54, 1.807) is 33.7 Å². The molecule has 0 saturated carbocycles. The Balaban J connectivity index is 1.80. The van der Waals surface area contributed by atoms with Crippen molar-refractivity contribution in [3.05, 3.63) is 54.1 Å². The number of para-hydroxylation sites is 1. The van der Waals surface area contributed by atoms with Gasteiger partial charge >= 0.3 is 5.97 Å². The Morgan fingerprint density at radius 3 is 2.69 bits per heavy atom. The minimum atomic E-state index is -0.905. The number of unbranched alkanes of at least 4 members (excludes halogenated alkanes) is 2. The van der Waals surface area contributed by atoms with E-state index in [9.17, 15) is 19.5 Å². The van der Waals surface area contributed by atoms with E-state index >= 15 is 0 Å². The Kier molecular flexibility index (Phi) is 10.9. The molecule has 3 fully saturated rings. The summed E-state index contributed by atoms with van der Waals surface area (Å²) in [5.41, 5.74) is 1.40. The molecule has 3 unspecified atom stereocenters. The number of carbonyl (C=O) groups excluding carboxylic acids is 3. The van der Waals surface area contributed by atoms with Crippen LogP contribution >= 0.6 is 39.3 Å². The van der Waals surface area contributed by atoms with Gasteiger partial charge in [0, 0.05) is 16.6 Å². The largest absolute Gasteiger partial charge is 0.465 e. The predicted octanol–water partition coefficient (Wildman–Crippen LogP) is 5.94. The van der Waals surface area contributed by atoms with Crippen molar-refractivity contribution in [2.45, 2.75) is 79.8 Å². The van der Waals surface area contributed by atoms with Crippen LogP contribution in [0.5, 0.6) is 0 Å². The van der Waals surface area contributed by atoms with Crippen LogP contribution in [0, 0.1) is 24.7 Å². The van der Waals surface area contributed by atoms with Crippen molar-refractivity contribution >= 4 is 62.8 Å². The lowest BCUT2D eigenvalue weighted by atomic mass is 9.71. The zero-order chi connectivity index (χ0) is 30.8. The molecule has 8 atom stereocenters. The number of hydrogen-bond donors (Lipinski definition) is 1. The number of aryl methyl sites for hydroxylation is 1. The monoisotopic (exact) mass is 680 g/mol. The number of allylic oxidation sites excluding steroid dienone is 1. The van der Waals surface area contributed by atoms with Crippen molar-refractivity contribution in [2.75, 3.05) is 24.7 Å². The first-order valence-corrected chi connectivity index (χ1v) is 17.0. The highest BCUT2D eigenvalue weighted by Crippen LogP contribution is 2.68. The van der Waals surface area contributed by atoms with E-state index in [-0.39, 0.29) is 47.6 Å². The second-order valence-corrected chi connectivity index (χ2v) is 14.8. The van der Waals surface area contributed by atoms with Gasteiger partial charge in [-0.3, -0.25) is 14.4 Å². The lowest BCUT2D eigenvalue weighted by molar-refractivity contribution is -0.154. The van der Waals surface area contributed by atoms with Crippen LogP contribution in [0.1, 0.15) is 51.5 Å². The van der Waals surface area contributed by atoms with Gasteiger partial charge in [-0.05, 0) is 50.2 Å². The fraction of sp³-hybridized carbons (Fsp3) is 0.594. The Bertz CT molecular complexity index is 1200. The number of esters is 1. The van der Waals surface area contributed by atoms with Crippen LogP contribution in [0.15, 0.2) is 43.5 Å². The number of amides is 2. The lowest BCUT2D eigenvalue weighted by Gasteiger charge is -2.41. The fourth-order valence-electron chi connectivity index (χ4n) is 6.98. The molecule has 3 aliphatic rings. The second-order valence-electron chi connectivity index (χ2n) is 11.6. The molecule has 1 aromatic carbocycles. The number of benzene rings is 1. The van der Waals surface area contributed by atoms with E-state index in [2.05, 4.69) is 29.1 Å². The SMILES string of the molecule is C=CCCCCOC(=O)[C@H]1[C@@H]2SC3(CC2Br)C(C(=O)N(CC=C)c2c(C)cccc2Cl)N([C@@H](CO)[C@@H](C)CC)C(=O)[C@H]13. The molecule has 2 bridgehead atoms. The third-order valence-corrected chi connectivity index (χ3v) is 12.7. The normalized spacial score (nSPS) is 29.2. The van der Waals surface area contributed by atoms with Gasteiger partial charge in [-0.25, -0.2) is 0 Å². The minimum absolute atomic E-state index is 0.0726.